The highest BCUT2D eigenvalue weighted by molar-refractivity contribution is 5.80. The number of benzene rings is 1. The molecule has 120 valence electrons. The lowest BCUT2D eigenvalue weighted by Crippen LogP contribution is -2.35. The van der Waals surface area contributed by atoms with Gasteiger partial charge in [0, 0.05) is 31.1 Å². The first-order valence-electron chi connectivity index (χ1n) is 7.94. The van der Waals surface area contributed by atoms with E-state index in [1.807, 2.05) is 18.2 Å². The summed E-state index contributed by atoms with van der Waals surface area (Å²) in [6, 6.07) is 5.86. The topological polar surface area (TPSA) is 59.6 Å². The van der Waals surface area contributed by atoms with Crippen molar-refractivity contribution in [1.82, 2.24) is 10.6 Å². The molecule has 1 aliphatic carbocycles. The molecular weight excluding hydrogens is 280 g/mol. The molecule has 0 bridgehead atoms. The van der Waals surface area contributed by atoms with Gasteiger partial charge in [-0.15, -0.1) is 0 Å². The van der Waals surface area contributed by atoms with Crippen LogP contribution in [-0.2, 0) is 4.79 Å². The maximum absolute atomic E-state index is 12.5. The maximum atomic E-state index is 12.5. The molecule has 0 spiro atoms. The van der Waals surface area contributed by atoms with E-state index in [0.29, 0.717) is 18.2 Å². The zero-order chi connectivity index (χ0) is 15.5. The standard InChI is InChI=1S/C17H24N2O3/c1-21-15-5-3-4-12(16(15)22-2)13-9-18-10-14(13)17(20)19-8-11-6-7-11/h3-5,11,13-14,18H,6-10H2,1-2H3,(H,19,20). The number of amides is 1. The van der Waals surface area contributed by atoms with Gasteiger partial charge < -0.3 is 20.1 Å². The maximum Gasteiger partial charge on any atom is 0.225 e. The minimum absolute atomic E-state index is 0.0558. The van der Waals surface area contributed by atoms with Gasteiger partial charge in [-0.05, 0) is 24.8 Å². The largest absolute Gasteiger partial charge is 0.493 e. The molecule has 0 radical (unpaired) electrons. The van der Waals surface area contributed by atoms with Crippen LogP contribution in [0.5, 0.6) is 11.5 Å². The Morgan fingerprint density at radius 3 is 2.77 bits per heavy atom. The van der Waals surface area contributed by atoms with Crippen LogP contribution in [0.1, 0.15) is 24.3 Å². The Kier molecular flexibility index (Phi) is 4.52. The summed E-state index contributed by atoms with van der Waals surface area (Å²) in [5.41, 5.74) is 1.04. The van der Waals surface area contributed by atoms with Gasteiger partial charge in [0.25, 0.3) is 0 Å². The fourth-order valence-electron chi connectivity index (χ4n) is 3.18. The third-order valence-corrected chi connectivity index (χ3v) is 4.65. The van der Waals surface area contributed by atoms with Crippen LogP contribution in [0.15, 0.2) is 18.2 Å². The molecular formula is C17H24N2O3. The van der Waals surface area contributed by atoms with Crippen molar-refractivity contribution in [3.8, 4) is 11.5 Å². The van der Waals surface area contributed by atoms with Crippen molar-refractivity contribution < 1.29 is 14.3 Å². The number of para-hydroxylation sites is 1. The van der Waals surface area contributed by atoms with Crippen LogP contribution in [-0.4, -0.2) is 39.8 Å². The number of carbonyl (C=O) groups is 1. The molecule has 22 heavy (non-hydrogen) atoms. The molecule has 5 heteroatoms. The first-order valence-corrected chi connectivity index (χ1v) is 7.94. The van der Waals surface area contributed by atoms with Crippen LogP contribution in [0.25, 0.3) is 0 Å². The van der Waals surface area contributed by atoms with E-state index in [2.05, 4.69) is 10.6 Å². The normalized spacial score (nSPS) is 24.1. The molecule has 0 aromatic heterocycles. The van der Waals surface area contributed by atoms with E-state index in [1.54, 1.807) is 14.2 Å². The third kappa shape index (κ3) is 3.04. The highest BCUT2D eigenvalue weighted by Crippen LogP contribution is 2.40. The van der Waals surface area contributed by atoms with Crippen LogP contribution >= 0.6 is 0 Å². The minimum Gasteiger partial charge on any atom is -0.493 e. The average molecular weight is 304 g/mol. The number of hydrogen-bond donors (Lipinski definition) is 2. The quantitative estimate of drug-likeness (QED) is 0.837. The molecule has 3 rings (SSSR count). The van der Waals surface area contributed by atoms with E-state index in [4.69, 9.17) is 9.47 Å². The Bertz CT molecular complexity index is 543. The summed E-state index contributed by atoms with van der Waals surface area (Å²) in [5, 5.41) is 6.44. The molecule has 1 aliphatic heterocycles. The van der Waals surface area contributed by atoms with Gasteiger partial charge in [-0.1, -0.05) is 12.1 Å². The van der Waals surface area contributed by atoms with Crippen LogP contribution in [0.3, 0.4) is 0 Å². The zero-order valence-electron chi connectivity index (χ0n) is 13.2. The highest BCUT2D eigenvalue weighted by Gasteiger charge is 2.36. The molecule has 2 atom stereocenters. The van der Waals surface area contributed by atoms with Gasteiger partial charge in [-0.3, -0.25) is 4.79 Å². The lowest BCUT2D eigenvalue weighted by Gasteiger charge is -2.21. The molecule has 2 aliphatic rings. The monoisotopic (exact) mass is 304 g/mol. The second kappa shape index (κ2) is 6.57. The molecule has 1 heterocycles. The van der Waals surface area contributed by atoms with Crippen LogP contribution in [0.4, 0.5) is 0 Å². The summed E-state index contributed by atoms with van der Waals surface area (Å²) >= 11 is 0. The van der Waals surface area contributed by atoms with Crippen molar-refractivity contribution in [1.29, 1.82) is 0 Å². The molecule has 1 aromatic rings. The number of ether oxygens (including phenoxy) is 2. The van der Waals surface area contributed by atoms with E-state index in [0.717, 1.165) is 24.4 Å². The Labute approximate surface area is 131 Å². The van der Waals surface area contributed by atoms with Gasteiger partial charge in [-0.25, -0.2) is 0 Å². The van der Waals surface area contributed by atoms with Crippen molar-refractivity contribution in [2.75, 3.05) is 33.9 Å². The predicted molar refractivity (Wildman–Crippen MR) is 84.4 cm³/mol. The molecule has 1 amide bonds. The SMILES string of the molecule is COc1cccc(C2CNCC2C(=O)NCC2CC2)c1OC. The summed E-state index contributed by atoms with van der Waals surface area (Å²) in [4.78, 5) is 12.5. The second-order valence-electron chi connectivity index (χ2n) is 6.14. The Balaban J connectivity index is 1.78. The Morgan fingerprint density at radius 2 is 2.09 bits per heavy atom. The van der Waals surface area contributed by atoms with Gasteiger partial charge >= 0.3 is 0 Å². The Morgan fingerprint density at radius 1 is 1.27 bits per heavy atom. The molecule has 5 nitrogen and oxygen atoms in total. The number of nitrogens with one attached hydrogen (secondary N) is 2. The molecule has 2 N–H and O–H groups in total. The lowest BCUT2D eigenvalue weighted by molar-refractivity contribution is -0.124. The van der Waals surface area contributed by atoms with Gasteiger partial charge in [0.1, 0.15) is 0 Å². The van der Waals surface area contributed by atoms with Gasteiger partial charge in [0.2, 0.25) is 5.91 Å². The summed E-state index contributed by atoms with van der Waals surface area (Å²) in [5.74, 6) is 2.35. The van der Waals surface area contributed by atoms with Crippen LogP contribution < -0.4 is 20.1 Å². The third-order valence-electron chi connectivity index (χ3n) is 4.65. The van der Waals surface area contributed by atoms with Crippen molar-refractivity contribution >= 4 is 5.91 Å². The van der Waals surface area contributed by atoms with Crippen molar-refractivity contribution in [3.05, 3.63) is 23.8 Å². The van der Waals surface area contributed by atoms with Crippen LogP contribution in [0, 0.1) is 11.8 Å². The van der Waals surface area contributed by atoms with Crippen molar-refractivity contribution in [2.45, 2.75) is 18.8 Å². The second-order valence-corrected chi connectivity index (χ2v) is 6.14. The van der Waals surface area contributed by atoms with Gasteiger partial charge in [-0.2, -0.15) is 0 Å². The average Bonchev–Trinajstić information content (AvgIpc) is 3.25. The molecule has 1 aromatic carbocycles. The van der Waals surface area contributed by atoms with Gasteiger partial charge in [0.05, 0.1) is 20.1 Å². The molecule has 1 saturated heterocycles. The first kappa shape index (κ1) is 15.2. The predicted octanol–water partition coefficient (Wildman–Crippen LogP) is 1.53. The summed E-state index contributed by atoms with van der Waals surface area (Å²) in [6.45, 7) is 2.31. The molecule has 2 unspecified atom stereocenters. The zero-order valence-corrected chi connectivity index (χ0v) is 13.2. The first-order chi connectivity index (χ1) is 10.7. The fourth-order valence-corrected chi connectivity index (χ4v) is 3.18. The number of carbonyl (C=O) groups excluding carboxylic acids is 1. The number of hydrogen-bond acceptors (Lipinski definition) is 4. The van der Waals surface area contributed by atoms with Crippen molar-refractivity contribution in [2.24, 2.45) is 11.8 Å². The van der Waals surface area contributed by atoms with Crippen molar-refractivity contribution in [3.63, 3.8) is 0 Å². The van der Waals surface area contributed by atoms with E-state index >= 15 is 0 Å². The highest BCUT2D eigenvalue weighted by atomic mass is 16.5. The summed E-state index contributed by atoms with van der Waals surface area (Å²) < 4.78 is 10.9. The summed E-state index contributed by atoms with van der Waals surface area (Å²) in [7, 11) is 3.28. The van der Waals surface area contributed by atoms with E-state index in [-0.39, 0.29) is 17.7 Å². The van der Waals surface area contributed by atoms with E-state index in [9.17, 15) is 4.79 Å². The van der Waals surface area contributed by atoms with Gasteiger partial charge in [0.15, 0.2) is 11.5 Å². The smallest absolute Gasteiger partial charge is 0.225 e. The van der Waals surface area contributed by atoms with E-state index < -0.39 is 0 Å². The number of methoxy groups -OCH3 is 2. The molecule has 1 saturated carbocycles. The number of rotatable bonds is 6. The minimum atomic E-state index is -0.0558. The van der Waals surface area contributed by atoms with Crippen LogP contribution in [0.2, 0.25) is 0 Å². The summed E-state index contributed by atoms with van der Waals surface area (Å²) in [6.07, 6.45) is 2.49. The molecule has 2 fully saturated rings. The van der Waals surface area contributed by atoms with E-state index in [1.165, 1.54) is 12.8 Å². The lowest BCUT2D eigenvalue weighted by atomic mass is 9.87. The fraction of sp³-hybridized carbons (Fsp3) is 0.588. The Hall–Kier alpha value is -1.75.